The van der Waals surface area contributed by atoms with Gasteiger partial charge in [0.2, 0.25) is 5.78 Å². The summed E-state index contributed by atoms with van der Waals surface area (Å²) in [5.41, 5.74) is 0.0918. The van der Waals surface area contributed by atoms with E-state index in [2.05, 4.69) is 4.98 Å². The van der Waals surface area contributed by atoms with E-state index in [1.165, 1.54) is 12.2 Å². The van der Waals surface area contributed by atoms with Gasteiger partial charge < -0.3 is 9.64 Å². The highest BCUT2D eigenvalue weighted by atomic mass is 32.1. The fourth-order valence-electron chi connectivity index (χ4n) is 1.95. The first-order valence-corrected chi connectivity index (χ1v) is 6.63. The van der Waals surface area contributed by atoms with E-state index in [4.69, 9.17) is 4.74 Å². The van der Waals surface area contributed by atoms with Crippen LogP contribution >= 0.6 is 11.3 Å². The van der Waals surface area contributed by atoms with Crippen LogP contribution in [0.2, 0.25) is 0 Å². The topological polar surface area (TPSA) is 76.6 Å². The summed E-state index contributed by atoms with van der Waals surface area (Å²) in [4.78, 5) is 41.3. The molecule has 0 spiro atoms. The third kappa shape index (κ3) is 2.11. The normalized spacial score (nSPS) is 18.6. The van der Waals surface area contributed by atoms with E-state index >= 15 is 0 Å². The first kappa shape index (κ1) is 12.2. The van der Waals surface area contributed by atoms with E-state index in [1.807, 2.05) is 0 Å². The Bertz CT molecular complexity index is 563. The van der Waals surface area contributed by atoms with Crippen LogP contribution in [0.15, 0.2) is 12.2 Å². The van der Waals surface area contributed by atoms with Gasteiger partial charge >= 0.3 is 0 Å². The van der Waals surface area contributed by atoms with Gasteiger partial charge in [-0.2, -0.15) is 0 Å². The van der Waals surface area contributed by atoms with Gasteiger partial charge in [-0.05, 0) is 12.2 Å². The fraction of sp³-hybridized carbons (Fsp3) is 0.333. The van der Waals surface area contributed by atoms with Crippen molar-refractivity contribution < 1.29 is 19.1 Å². The summed E-state index contributed by atoms with van der Waals surface area (Å²) in [5, 5.41) is 0.192. The van der Waals surface area contributed by atoms with Gasteiger partial charge in [0.15, 0.2) is 10.8 Å². The Labute approximate surface area is 112 Å². The van der Waals surface area contributed by atoms with Gasteiger partial charge in [-0.15, -0.1) is 11.3 Å². The Morgan fingerprint density at radius 3 is 2.58 bits per heavy atom. The molecule has 2 aliphatic rings. The van der Waals surface area contributed by atoms with Gasteiger partial charge in [-0.3, -0.25) is 14.4 Å². The zero-order chi connectivity index (χ0) is 13.4. The third-order valence-electron chi connectivity index (χ3n) is 2.95. The molecule has 0 bridgehead atoms. The lowest BCUT2D eigenvalue weighted by Crippen LogP contribution is -2.40. The van der Waals surface area contributed by atoms with Crippen LogP contribution in [0, 0.1) is 0 Å². The fourth-order valence-corrected chi connectivity index (χ4v) is 2.91. The standard InChI is InChI=1S/C12H10N2O4S/c15-7-1-2-8(16)10-9(7)13-11(19-10)12(17)14-3-5-18-6-4-14/h1-2H,3-6H2. The van der Waals surface area contributed by atoms with Crippen molar-refractivity contribution in [1.82, 2.24) is 9.88 Å². The molecule has 0 radical (unpaired) electrons. The molecular formula is C12H10N2O4S. The molecule has 0 atom stereocenters. The van der Waals surface area contributed by atoms with Crippen molar-refractivity contribution in [3.8, 4) is 0 Å². The summed E-state index contributed by atoms with van der Waals surface area (Å²) in [6, 6.07) is 0. The van der Waals surface area contributed by atoms with Gasteiger partial charge in [0.1, 0.15) is 10.6 Å². The van der Waals surface area contributed by atoms with Gasteiger partial charge in [-0.1, -0.05) is 0 Å². The largest absolute Gasteiger partial charge is 0.378 e. The molecule has 0 N–H and O–H groups in total. The molecule has 0 saturated carbocycles. The van der Waals surface area contributed by atoms with Crippen molar-refractivity contribution in [3.05, 3.63) is 27.7 Å². The van der Waals surface area contributed by atoms with Crippen molar-refractivity contribution in [1.29, 1.82) is 0 Å². The number of amides is 1. The molecule has 1 saturated heterocycles. The van der Waals surface area contributed by atoms with E-state index in [9.17, 15) is 14.4 Å². The number of allylic oxidation sites excluding steroid dienone is 2. The lowest BCUT2D eigenvalue weighted by Gasteiger charge is -2.25. The van der Waals surface area contributed by atoms with Crippen LogP contribution in [0.5, 0.6) is 0 Å². The van der Waals surface area contributed by atoms with Crippen molar-refractivity contribution in [3.63, 3.8) is 0 Å². The molecule has 98 valence electrons. The molecule has 0 aromatic carbocycles. The second kappa shape index (κ2) is 4.67. The number of rotatable bonds is 1. The lowest BCUT2D eigenvalue weighted by molar-refractivity contribution is 0.0302. The number of hydrogen-bond acceptors (Lipinski definition) is 6. The van der Waals surface area contributed by atoms with E-state index < -0.39 is 0 Å². The smallest absolute Gasteiger partial charge is 0.283 e. The Morgan fingerprint density at radius 1 is 1.21 bits per heavy atom. The zero-order valence-corrected chi connectivity index (χ0v) is 10.7. The van der Waals surface area contributed by atoms with Crippen molar-refractivity contribution in [2.75, 3.05) is 26.3 Å². The molecule has 19 heavy (non-hydrogen) atoms. The number of hydrogen-bond donors (Lipinski definition) is 0. The molecule has 1 aromatic rings. The Balaban J connectivity index is 1.90. The van der Waals surface area contributed by atoms with Crippen molar-refractivity contribution in [2.24, 2.45) is 0 Å². The predicted octanol–water partition coefficient (Wildman–Crippen LogP) is 0.551. The second-order valence-corrected chi connectivity index (χ2v) is 5.16. The van der Waals surface area contributed by atoms with Crippen LogP contribution in [0.3, 0.4) is 0 Å². The van der Waals surface area contributed by atoms with E-state index in [1.54, 1.807) is 4.90 Å². The molecule has 2 heterocycles. The zero-order valence-electron chi connectivity index (χ0n) is 9.92. The molecule has 7 heteroatoms. The highest BCUT2D eigenvalue weighted by Gasteiger charge is 2.29. The highest BCUT2D eigenvalue weighted by molar-refractivity contribution is 7.16. The van der Waals surface area contributed by atoms with Crippen LogP contribution in [0.4, 0.5) is 0 Å². The number of morpholine rings is 1. The first-order chi connectivity index (χ1) is 9.16. The molecular weight excluding hydrogens is 268 g/mol. The SMILES string of the molecule is O=C1C=CC(=O)c2sc(C(=O)N3CCOCC3)nc21. The van der Waals surface area contributed by atoms with Gasteiger partial charge in [-0.25, -0.2) is 4.98 Å². The summed E-state index contributed by atoms with van der Waals surface area (Å²) in [7, 11) is 0. The second-order valence-electron chi connectivity index (χ2n) is 4.16. The summed E-state index contributed by atoms with van der Waals surface area (Å²) < 4.78 is 5.17. The quantitative estimate of drug-likeness (QED) is 0.750. The summed E-state index contributed by atoms with van der Waals surface area (Å²) in [6.07, 6.45) is 2.40. The van der Waals surface area contributed by atoms with Crippen molar-refractivity contribution in [2.45, 2.75) is 0 Å². The molecule has 1 fully saturated rings. The minimum absolute atomic E-state index is 0.0918. The molecule has 1 aliphatic carbocycles. The molecule has 1 aromatic heterocycles. The average molecular weight is 278 g/mol. The number of thiazole rings is 1. The number of carbonyl (C=O) groups is 3. The molecule has 0 unspecified atom stereocenters. The van der Waals surface area contributed by atoms with E-state index in [-0.39, 0.29) is 33.1 Å². The summed E-state index contributed by atoms with van der Waals surface area (Å²) in [6.45, 7) is 2.00. The minimum atomic E-state index is -0.327. The van der Waals surface area contributed by atoms with Crippen LogP contribution in [0.1, 0.15) is 30.0 Å². The Kier molecular flexibility index (Phi) is 3.00. The van der Waals surface area contributed by atoms with E-state index in [0.717, 1.165) is 11.3 Å². The number of ether oxygens (including phenoxy) is 1. The molecule has 3 rings (SSSR count). The maximum atomic E-state index is 12.2. The maximum absolute atomic E-state index is 12.2. The van der Waals surface area contributed by atoms with E-state index in [0.29, 0.717) is 26.3 Å². The molecule has 1 amide bonds. The average Bonchev–Trinajstić information content (AvgIpc) is 2.89. The third-order valence-corrected chi connectivity index (χ3v) is 4.01. The monoisotopic (exact) mass is 278 g/mol. The number of carbonyl (C=O) groups excluding carboxylic acids is 3. The van der Waals surface area contributed by atoms with Gasteiger partial charge in [0.05, 0.1) is 13.2 Å². The van der Waals surface area contributed by atoms with Gasteiger partial charge in [0, 0.05) is 13.1 Å². The van der Waals surface area contributed by atoms with Gasteiger partial charge in [0.25, 0.3) is 5.91 Å². The van der Waals surface area contributed by atoms with Crippen molar-refractivity contribution >= 4 is 28.8 Å². The predicted molar refractivity (Wildman–Crippen MR) is 66.6 cm³/mol. The number of ketones is 2. The maximum Gasteiger partial charge on any atom is 0.283 e. The van der Waals surface area contributed by atoms with Crippen LogP contribution in [0.25, 0.3) is 0 Å². The Hall–Kier alpha value is -1.86. The minimum Gasteiger partial charge on any atom is -0.378 e. The lowest BCUT2D eigenvalue weighted by atomic mass is 10.1. The first-order valence-electron chi connectivity index (χ1n) is 5.81. The number of nitrogens with zero attached hydrogens (tertiary/aromatic N) is 2. The molecule has 6 nitrogen and oxygen atoms in total. The molecule has 1 aliphatic heterocycles. The van der Waals surface area contributed by atoms with Crippen LogP contribution < -0.4 is 0 Å². The summed E-state index contributed by atoms with van der Waals surface area (Å²) >= 11 is 0.984. The number of aromatic nitrogens is 1. The summed E-state index contributed by atoms with van der Waals surface area (Å²) in [5.74, 6) is -0.844. The number of fused-ring (bicyclic) bond motifs is 1. The highest BCUT2D eigenvalue weighted by Crippen LogP contribution is 2.24. The van der Waals surface area contributed by atoms with Crippen LogP contribution in [-0.4, -0.2) is 53.7 Å². The van der Waals surface area contributed by atoms with Crippen LogP contribution in [-0.2, 0) is 4.74 Å². The Morgan fingerprint density at radius 2 is 1.89 bits per heavy atom.